The van der Waals surface area contributed by atoms with Gasteiger partial charge in [-0.2, -0.15) is 0 Å². The van der Waals surface area contributed by atoms with Crippen molar-refractivity contribution >= 4 is 6.03 Å². The molecule has 1 unspecified atom stereocenters. The Morgan fingerprint density at radius 3 is 2.75 bits per heavy atom. The highest BCUT2D eigenvalue weighted by Gasteiger charge is 2.30. The zero-order valence-corrected chi connectivity index (χ0v) is 12.1. The van der Waals surface area contributed by atoms with Crippen LogP contribution < -0.4 is 14.8 Å². The normalized spacial score (nSPS) is 20.0. The Morgan fingerprint density at radius 1 is 1.35 bits per heavy atom. The number of hydrogen-bond donors (Lipinski definition) is 1. The Labute approximate surface area is 118 Å². The molecule has 2 aliphatic rings. The van der Waals surface area contributed by atoms with E-state index in [1.807, 2.05) is 30.9 Å². The van der Waals surface area contributed by atoms with Crippen molar-refractivity contribution in [3.63, 3.8) is 0 Å². The molecule has 0 saturated carbocycles. The quantitative estimate of drug-likeness (QED) is 0.857. The van der Waals surface area contributed by atoms with Gasteiger partial charge in [0.2, 0.25) is 6.79 Å². The van der Waals surface area contributed by atoms with Crippen molar-refractivity contribution < 1.29 is 14.3 Å². The van der Waals surface area contributed by atoms with Gasteiger partial charge in [-0.15, -0.1) is 0 Å². The molecule has 0 aromatic heterocycles. The minimum atomic E-state index is -0.00387. The molecule has 2 aliphatic heterocycles. The summed E-state index contributed by atoms with van der Waals surface area (Å²) in [5.41, 5.74) is 2.40. The molecule has 0 radical (unpaired) electrons. The van der Waals surface area contributed by atoms with Crippen molar-refractivity contribution in [1.82, 2.24) is 10.2 Å². The van der Waals surface area contributed by atoms with Crippen LogP contribution in [0.25, 0.3) is 0 Å². The number of rotatable bonds is 1. The second-order valence-electron chi connectivity index (χ2n) is 5.63. The Morgan fingerprint density at radius 2 is 2.05 bits per heavy atom. The Kier molecular flexibility index (Phi) is 3.20. The summed E-state index contributed by atoms with van der Waals surface area (Å²) >= 11 is 0. The first-order valence-corrected chi connectivity index (χ1v) is 7.06. The first-order valence-electron chi connectivity index (χ1n) is 7.06. The maximum Gasteiger partial charge on any atom is 0.318 e. The zero-order valence-electron chi connectivity index (χ0n) is 12.1. The molecule has 0 spiro atoms. The summed E-state index contributed by atoms with van der Waals surface area (Å²) in [5.74, 6) is 1.60. The van der Waals surface area contributed by atoms with Crippen LogP contribution in [0.15, 0.2) is 12.1 Å². The fourth-order valence-corrected chi connectivity index (χ4v) is 2.81. The smallest absolute Gasteiger partial charge is 0.318 e. The van der Waals surface area contributed by atoms with Gasteiger partial charge in [-0.05, 0) is 50.5 Å². The summed E-state index contributed by atoms with van der Waals surface area (Å²) in [7, 11) is 0. The minimum absolute atomic E-state index is 0.00387. The van der Waals surface area contributed by atoms with E-state index in [2.05, 4.69) is 12.2 Å². The van der Waals surface area contributed by atoms with Gasteiger partial charge >= 0.3 is 6.03 Å². The molecule has 0 saturated heterocycles. The lowest BCUT2D eigenvalue weighted by Gasteiger charge is -2.35. The summed E-state index contributed by atoms with van der Waals surface area (Å²) < 4.78 is 10.8. The molecule has 1 atom stereocenters. The average Bonchev–Trinajstić information content (AvgIpc) is 2.83. The lowest BCUT2D eigenvalue weighted by molar-refractivity contribution is 0.171. The number of carbonyl (C=O) groups excluding carboxylic acids is 1. The molecule has 0 aliphatic carbocycles. The van der Waals surface area contributed by atoms with Gasteiger partial charge in [0, 0.05) is 12.6 Å². The summed E-state index contributed by atoms with van der Waals surface area (Å²) in [6.07, 6.45) is 0.849. The second kappa shape index (κ2) is 4.89. The van der Waals surface area contributed by atoms with Crippen LogP contribution in [0.5, 0.6) is 11.5 Å². The van der Waals surface area contributed by atoms with Crippen LogP contribution >= 0.6 is 0 Å². The number of hydrogen-bond acceptors (Lipinski definition) is 3. The standard InChI is InChI=1S/C15H20N2O3/c1-9(2)16-15(18)17-5-4-11-6-13-14(20-8-19-13)7-12(11)10(17)3/h6-7,9-10H,4-5,8H2,1-3H3,(H,16,18). The van der Waals surface area contributed by atoms with Gasteiger partial charge in [0.15, 0.2) is 11.5 Å². The van der Waals surface area contributed by atoms with Gasteiger partial charge in [0.25, 0.3) is 0 Å². The number of ether oxygens (including phenoxy) is 2. The number of carbonyl (C=O) groups is 1. The number of benzene rings is 1. The van der Waals surface area contributed by atoms with E-state index in [1.165, 1.54) is 5.56 Å². The highest BCUT2D eigenvalue weighted by molar-refractivity contribution is 5.75. The van der Waals surface area contributed by atoms with Crippen molar-refractivity contribution in [3.05, 3.63) is 23.3 Å². The molecule has 2 amide bonds. The third kappa shape index (κ3) is 2.17. The van der Waals surface area contributed by atoms with Crippen LogP contribution in [0.4, 0.5) is 4.79 Å². The van der Waals surface area contributed by atoms with Gasteiger partial charge < -0.3 is 19.7 Å². The SMILES string of the molecule is CC(C)NC(=O)N1CCc2cc3c(cc2C1C)OCO3. The van der Waals surface area contributed by atoms with Crippen molar-refractivity contribution in [1.29, 1.82) is 0 Å². The van der Waals surface area contributed by atoms with Gasteiger partial charge in [-0.25, -0.2) is 4.79 Å². The van der Waals surface area contributed by atoms with Crippen LogP contribution in [-0.2, 0) is 6.42 Å². The topological polar surface area (TPSA) is 50.8 Å². The second-order valence-corrected chi connectivity index (χ2v) is 5.63. The largest absolute Gasteiger partial charge is 0.454 e. The Hall–Kier alpha value is -1.91. The molecule has 5 nitrogen and oxygen atoms in total. The molecular formula is C15H20N2O3. The van der Waals surface area contributed by atoms with E-state index >= 15 is 0 Å². The van der Waals surface area contributed by atoms with E-state index in [4.69, 9.17) is 9.47 Å². The third-order valence-corrected chi connectivity index (χ3v) is 3.85. The van der Waals surface area contributed by atoms with Gasteiger partial charge in [-0.1, -0.05) is 0 Å². The molecule has 1 aromatic carbocycles. The highest BCUT2D eigenvalue weighted by atomic mass is 16.7. The monoisotopic (exact) mass is 276 g/mol. The first kappa shape index (κ1) is 13.1. The molecule has 1 N–H and O–H groups in total. The maximum atomic E-state index is 12.2. The summed E-state index contributed by atoms with van der Waals surface area (Å²) in [4.78, 5) is 14.1. The van der Waals surface area contributed by atoms with Crippen LogP contribution in [0.1, 0.15) is 37.9 Å². The lowest BCUT2D eigenvalue weighted by Crippen LogP contribution is -2.46. The predicted octanol–water partition coefficient (Wildman–Crippen LogP) is 2.45. The molecular weight excluding hydrogens is 256 g/mol. The van der Waals surface area contributed by atoms with Crippen LogP contribution in [0.3, 0.4) is 0 Å². The van der Waals surface area contributed by atoms with Crippen LogP contribution in [0, 0.1) is 0 Å². The van der Waals surface area contributed by atoms with Crippen molar-refractivity contribution in [2.75, 3.05) is 13.3 Å². The molecule has 0 fully saturated rings. The van der Waals surface area contributed by atoms with E-state index in [-0.39, 0.29) is 24.9 Å². The number of fused-ring (bicyclic) bond motifs is 2. The summed E-state index contributed by atoms with van der Waals surface area (Å²) in [6.45, 7) is 7.01. The van der Waals surface area contributed by atoms with E-state index in [0.29, 0.717) is 0 Å². The molecule has 2 heterocycles. The highest BCUT2D eigenvalue weighted by Crippen LogP contribution is 2.40. The molecule has 0 bridgehead atoms. The maximum absolute atomic E-state index is 12.2. The minimum Gasteiger partial charge on any atom is -0.454 e. The Bertz CT molecular complexity index is 542. The number of urea groups is 1. The van der Waals surface area contributed by atoms with Crippen molar-refractivity contribution in [3.8, 4) is 11.5 Å². The first-order chi connectivity index (χ1) is 9.56. The summed E-state index contributed by atoms with van der Waals surface area (Å²) in [6, 6.07) is 4.25. The number of amides is 2. The van der Waals surface area contributed by atoms with Gasteiger partial charge in [0.1, 0.15) is 0 Å². The molecule has 1 aromatic rings. The van der Waals surface area contributed by atoms with Gasteiger partial charge in [0.05, 0.1) is 6.04 Å². The van der Waals surface area contributed by atoms with Crippen molar-refractivity contribution in [2.24, 2.45) is 0 Å². The van der Waals surface area contributed by atoms with E-state index in [1.54, 1.807) is 0 Å². The molecule has 3 rings (SSSR count). The molecule has 20 heavy (non-hydrogen) atoms. The van der Waals surface area contributed by atoms with E-state index in [9.17, 15) is 4.79 Å². The molecule has 5 heteroatoms. The number of nitrogens with zero attached hydrogens (tertiary/aromatic N) is 1. The summed E-state index contributed by atoms with van der Waals surface area (Å²) in [5, 5.41) is 2.96. The fraction of sp³-hybridized carbons (Fsp3) is 0.533. The number of nitrogens with one attached hydrogen (secondary N) is 1. The Balaban J connectivity index is 1.87. The van der Waals surface area contributed by atoms with Crippen molar-refractivity contribution in [2.45, 2.75) is 39.3 Å². The zero-order chi connectivity index (χ0) is 14.3. The lowest BCUT2D eigenvalue weighted by atomic mass is 9.93. The average molecular weight is 276 g/mol. The van der Waals surface area contributed by atoms with E-state index in [0.717, 1.165) is 30.0 Å². The third-order valence-electron chi connectivity index (χ3n) is 3.85. The fourth-order valence-electron chi connectivity index (χ4n) is 2.81. The van der Waals surface area contributed by atoms with E-state index < -0.39 is 0 Å². The molecule has 108 valence electrons. The van der Waals surface area contributed by atoms with Crippen LogP contribution in [0.2, 0.25) is 0 Å². The van der Waals surface area contributed by atoms with Gasteiger partial charge in [-0.3, -0.25) is 0 Å². The van der Waals surface area contributed by atoms with Crippen LogP contribution in [-0.4, -0.2) is 30.3 Å². The predicted molar refractivity (Wildman–Crippen MR) is 75.1 cm³/mol.